The number of rotatable bonds is 1. The molecule has 0 aromatic heterocycles. The fourth-order valence-electron chi connectivity index (χ4n) is 3.31. The lowest BCUT2D eigenvalue weighted by atomic mass is 9.91. The number of hydrogen-bond donors (Lipinski definition) is 1. The average molecular weight is 240 g/mol. The Bertz CT molecular complexity index is 278. The van der Waals surface area contributed by atoms with Gasteiger partial charge in [0.1, 0.15) is 0 Å². The second-order valence-electron chi connectivity index (χ2n) is 5.22. The number of piperidine rings is 1. The van der Waals surface area contributed by atoms with Gasteiger partial charge in [-0.1, -0.05) is 0 Å². The number of amides is 1. The topological polar surface area (TPSA) is 32.3 Å². The van der Waals surface area contributed by atoms with Crippen molar-refractivity contribution in [3.8, 4) is 0 Å². The molecule has 3 heterocycles. The minimum Gasteiger partial charge on any atom is -0.338 e. The summed E-state index contributed by atoms with van der Waals surface area (Å²) in [6, 6.07) is 0.506. The van der Waals surface area contributed by atoms with E-state index in [9.17, 15) is 4.79 Å². The summed E-state index contributed by atoms with van der Waals surface area (Å²) in [5.41, 5.74) is 0. The molecule has 16 heavy (non-hydrogen) atoms. The second-order valence-corrected chi connectivity index (χ2v) is 6.37. The van der Waals surface area contributed by atoms with Crippen molar-refractivity contribution in [3.63, 3.8) is 0 Å². The van der Waals surface area contributed by atoms with Crippen molar-refractivity contribution in [2.24, 2.45) is 11.8 Å². The van der Waals surface area contributed by atoms with Gasteiger partial charge in [-0.3, -0.25) is 4.79 Å². The van der Waals surface area contributed by atoms with Gasteiger partial charge in [-0.05, 0) is 30.9 Å². The van der Waals surface area contributed by atoms with Crippen molar-refractivity contribution in [1.29, 1.82) is 0 Å². The first-order chi connectivity index (χ1) is 7.86. The first kappa shape index (κ1) is 10.9. The zero-order chi connectivity index (χ0) is 11.0. The molecule has 3 unspecified atom stereocenters. The molecule has 0 spiro atoms. The monoisotopic (exact) mass is 240 g/mol. The molecule has 0 bridgehead atoms. The molecular weight excluding hydrogens is 220 g/mol. The molecule has 3 nitrogen and oxygen atoms in total. The Morgan fingerprint density at radius 1 is 1.31 bits per heavy atom. The third-order valence-electron chi connectivity index (χ3n) is 4.24. The highest BCUT2D eigenvalue weighted by Crippen LogP contribution is 2.31. The minimum absolute atomic E-state index is 0.323. The van der Waals surface area contributed by atoms with E-state index in [-0.39, 0.29) is 0 Å². The fraction of sp³-hybridized carbons (Fsp3) is 0.917. The molecule has 90 valence electrons. The number of nitrogens with one attached hydrogen (secondary N) is 1. The van der Waals surface area contributed by atoms with Gasteiger partial charge < -0.3 is 10.2 Å². The van der Waals surface area contributed by atoms with Crippen LogP contribution in [-0.4, -0.2) is 48.0 Å². The Labute approximate surface area is 101 Å². The molecule has 3 fully saturated rings. The standard InChI is InChI=1S/C12H20N2OS/c15-12(10-3-5-16-8-10)14-4-1-2-9-6-13-7-11(9)14/h9-11,13H,1-8H2. The van der Waals surface area contributed by atoms with Crippen molar-refractivity contribution >= 4 is 17.7 Å². The number of thioether (sulfide) groups is 1. The van der Waals surface area contributed by atoms with Crippen LogP contribution >= 0.6 is 11.8 Å². The largest absolute Gasteiger partial charge is 0.338 e. The summed E-state index contributed by atoms with van der Waals surface area (Å²) in [7, 11) is 0. The Morgan fingerprint density at radius 2 is 2.25 bits per heavy atom. The van der Waals surface area contributed by atoms with E-state index >= 15 is 0 Å². The molecule has 1 N–H and O–H groups in total. The van der Waals surface area contributed by atoms with Crippen LogP contribution in [0.2, 0.25) is 0 Å². The van der Waals surface area contributed by atoms with Gasteiger partial charge in [0.25, 0.3) is 0 Å². The molecule has 0 saturated carbocycles. The first-order valence-electron chi connectivity index (χ1n) is 6.45. The van der Waals surface area contributed by atoms with Gasteiger partial charge in [-0.25, -0.2) is 0 Å². The van der Waals surface area contributed by atoms with Crippen LogP contribution in [0.1, 0.15) is 19.3 Å². The molecule has 1 amide bonds. The molecule has 3 atom stereocenters. The Kier molecular flexibility index (Phi) is 3.11. The quantitative estimate of drug-likeness (QED) is 0.740. The fourth-order valence-corrected chi connectivity index (χ4v) is 4.52. The van der Waals surface area contributed by atoms with Crippen LogP contribution in [0, 0.1) is 11.8 Å². The normalized spacial score (nSPS) is 38.8. The van der Waals surface area contributed by atoms with E-state index in [0.717, 1.165) is 37.7 Å². The lowest BCUT2D eigenvalue weighted by Crippen LogP contribution is -2.50. The number of likely N-dealkylation sites (tertiary alicyclic amines) is 1. The van der Waals surface area contributed by atoms with Gasteiger partial charge in [-0.2, -0.15) is 11.8 Å². The van der Waals surface area contributed by atoms with Gasteiger partial charge in [-0.15, -0.1) is 0 Å². The van der Waals surface area contributed by atoms with Crippen LogP contribution in [0.25, 0.3) is 0 Å². The highest BCUT2D eigenvalue weighted by atomic mass is 32.2. The van der Waals surface area contributed by atoms with E-state index in [1.54, 1.807) is 0 Å². The Morgan fingerprint density at radius 3 is 3.06 bits per heavy atom. The maximum absolute atomic E-state index is 12.4. The zero-order valence-corrected chi connectivity index (χ0v) is 10.5. The summed E-state index contributed by atoms with van der Waals surface area (Å²) in [4.78, 5) is 14.6. The van der Waals surface area contributed by atoms with E-state index in [1.165, 1.54) is 18.6 Å². The number of carbonyl (C=O) groups excluding carboxylic acids is 1. The van der Waals surface area contributed by atoms with E-state index in [1.807, 2.05) is 11.8 Å². The number of hydrogen-bond acceptors (Lipinski definition) is 3. The van der Waals surface area contributed by atoms with Crippen LogP contribution in [0.15, 0.2) is 0 Å². The van der Waals surface area contributed by atoms with E-state index in [2.05, 4.69) is 10.2 Å². The number of carbonyl (C=O) groups is 1. The highest BCUT2D eigenvalue weighted by molar-refractivity contribution is 7.99. The second kappa shape index (κ2) is 4.57. The van der Waals surface area contributed by atoms with E-state index in [4.69, 9.17) is 0 Å². The minimum atomic E-state index is 0.323. The van der Waals surface area contributed by atoms with Crippen molar-refractivity contribution in [1.82, 2.24) is 10.2 Å². The van der Waals surface area contributed by atoms with Crippen LogP contribution in [0.4, 0.5) is 0 Å². The molecule has 4 heteroatoms. The van der Waals surface area contributed by atoms with E-state index in [0.29, 0.717) is 17.9 Å². The van der Waals surface area contributed by atoms with Crippen molar-refractivity contribution in [2.45, 2.75) is 25.3 Å². The zero-order valence-electron chi connectivity index (χ0n) is 9.65. The molecule has 3 aliphatic rings. The van der Waals surface area contributed by atoms with Crippen molar-refractivity contribution in [3.05, 3.63) is 0 Å². The summed E-state index contributed by atoms with van der Waals surface area (Å²) in [5, 5.41) is 3.44. The number of fused-ring (bicyclic) bond motifs is 1. The molecule has 3 saturated heterocycles. The van der Waals surface area contributed by atoms with E-state index < -0.39 is 0 Å². The van der Waals surface area contributed by atoms with Crippen molar-refractivity contribution < 1.29 is 4.79 Å². The van der Waals surface area contributed by atoms with Gasteiger partial charge in [0.15, 0.2) is 0 Å². The average Bonchev–Trinajstić information content (AvgIpc) is 2.98. The van der Waals surface area contributed by atoms with Gasteiger partial charge in [0.2, 0.25) is 5.91 Å². The van der Waals surface area contributed by atoms with Crippen molar-refractivity contribution in [2.75, 3.05) is 31.1 Å². The van der Waals surface area contributed by atoms with Gasteiger partial charge in [0.05, 0.1) is 0 Å². The summed E-state index contributed by atoms with van der Waals surface area (Å²) < 4.78 is 0. The van der Waals surface area contributed by atoms with Gasteiger partial charge in [0, 0.05) is 37.3 Å². The SMILES string of the molecule is O=C(C1CCSC1)N1CCCC2CNCC21. The maximum atomic E-state index is 12.4. The number of nitrogens with zero attached hydrogens (tertiary/aromatic N) is 1. The molecule has 0 radical (unpaired) electrons. The van der Waals surface area contributed by atoms with Crippen LogP contribution < -0.4 is 5.32 Å². The predicted octanol–water partition coefficient (Wildman–Crippen LogP) is 0.950. The van der Waals surface area contributed by atoms with Crippen LogP contribution in [-0.2, 0) is 4.79 Å². The smallest absolute Gasteiger partial charge is 0.226 e. The van der Waals surface area contributed by atoms with Crippen LogP contribution in [0.5, 0.6) is 0 Å². The lowest BCUT2D eigenvalue weighted by Gasteiger charge is -2.38. The predicted molar refractivity (Wildman–Crippen MR) is 66.5 cm³/mol. The maximum Gasteiger partial charge on any atom is 0.226 e. The first-order valence-corrected chi connectivity index (χ1v) is 7.60. The third kappa shape index (κ3) is 1.86. The third-order valence-corrected chi connectivity index (χ3v) is 5.40. The molecule has 0 aliphatic carbocycles. The lowest BCUT2D eigenvalue weighted by molar-refractivity contribution is -0.139. The van der Waals surface area contributed by atoms with Crippen LogP contribution in [0.3, 0.4) is 0 Å². The summed E-state index contributed by atoms with van der Waals surface area (Å²) >= 11 is 1.94. The summed E-state index contributed by atoms with van der Waals surface area (Å²) in [6.45, 7) is 3.15. The molecule has 0 aromatic carbocycles. The Balaban J connectivity index is 1.70. The van der Waals surface area contributed by atoms with Gasteiger partial charge >= 0.3 is 0 Å². The summed E-state index contributed by atoms with van der Waals surface area (Å²) in [6.07, 6.45) is 3.61. The molecule has 3 rings (SSSR count). The Hall–Kier alpha value is -0.220. The molecule has 3 aliphatic heterocycles. The highest BCUT2D eigenvalue weighted by Gasteiger charge is 2.39. The summed E-state index contributed by atoms with van der Waals surface area (Å²) in [5.74, 6) is 3.73. The molecule has 0 aromatic rings. The molecular formula is C12H20N2OS.